The molecule has 126 valence electrons. The van der Waals surface area contributed by atoms with Crippen LogP contribution in [0.1, 0.15) is 48.5 Å². The molecule has 1 aliphatic rings. The van der Waals surface area contributed by atoms with Gasteiger partial charge in [-0.05, 0) is 56.4 Å². The fourth-order valence-electron chi connectivity index (χ4n) is 3.11. The number of piperidine rings is 1. The average molecular weight is 317 g/mol. The zero-order valence-corrected chi connectivity index (χ0v) is 14.6. The van der Waals surface area contributed by atoms with E-state index in [0.29, 0.717) is 11.6 Å². The number of amides is 3. The summed E-state index contributed by atoms with van der Waals surface area (Å²) in [4.78, 5) is 28.1. The van der Waals surface area contributed by atoms with Crippen LogP contribution in [-0.4, -0.2) is 48.4 Å². The maximum absolute atomic E-state index is 12.5. The number of nitrogens with zero attached hydrogens (tertiary/aromatic N) is 2. The number of hydrogen-bond acceptors (Lipinski definition) is 2. The molecule has 1 atom stereocenters. The minimum atomic E-state index is -0.0392. The molecule has 0 spiro atoms. The number of carbonyl (C=O) groups excluding carboxylic acids is 2. The summed E-state index contributed by atoms with van der Waals surface area (Å²) >= 11 is 0. The molecular formula is C18H27N3O2. The van der Waals surface area contributed by atoms with Gasteiger partial charge in [0.2, 0.25) is 0 Å². The molecule has 0 bridgehead atoms. The molecule has 0 saturated carbocycles. The first-order chi connectivity index (χ1) is 10.9. The van der Waals surface area contributed by atoms with Crippen molar-refractivity contribution in [3.63, 3.8) is 0 Å². The Hall–Kier alpha value is -2.04. The molecule has 1 heterocycles. The molecule has 2 rings (SSSR count). The molecule has 0 radical (unpaired) electrons. The first-order valence-electron chi connectivity index (χ1n) is 8.34. The van der Waals surface area contributed by atoms with Gasteiger partial charge < -0.3 is 15.1 Å². The molecule has 0 aromatic heterocycles. The Morgan fingerprint density at radius 3 is 2.65 bits per heavy atom. The van der Waals surface area contributed by atoms with E-state index in [9.17, 15) is 9.59 Å². The lowest BCUT2D eigenvalue weighted by atomic mass is 10.0. The summed E-state index contributed by atoms with van der Waals surface area (Å²) < 4.78 is 0. The zero-order valence-electron chi connectivity index (χ0n) is 14.6. The number of hydrogen-bond donors (Lipinski definition) is 1. The van der Waals surface area contributed by atoms with Gasteiger partial charge in [-0.25, -0.2) is 4.79 Å². The predicted molar refractivity (Wildman–Crippen MR) is 92.9 cm³/mol. The molecule has 0 unspecified atom stereocenters. The quantitative estimate of drug-likeness (QED) is 0.927. The van der Waals surface area contributed by atoms with E-state index in [1.165, 1.54) is 6.42 Å². The highest BCUT2D eigenvalue weighted by molar-refractivity contribution is 5.96. The van der Waals surface area contributed by atoms with E-state index in [1.54, 1.807) is 31.1 Å². The zero-order chi connectivity index (χ0) is 17.0. The Morgan fingerprint density at radius 1 is 1.30 bits per heavy atom. The van der Waals surface area contributed by atoms with Crippen LogP contribution < -0.4 is 5.32 Å². The van der Waals surface area contributed by atoms with E-state index in [1.807, 2.05) is 17.9 Å². The highest BCUT2D eigenvalue weighted by Crippen LogP contribution is 2.22. The number of benzene rings is 1. The van der Waals surface area contributed by atoms with Crippen LogP contribution in [0, 0.1) is 6.92 Å². The predicted octanol–water partition coefficient (Wildman–Crippen LogP) is 3.49. The van der Waals surface area contributed by atoms with E-state index in [-0.39, 0.29) is 11.9 Å². The van der Waals surface area contributed by atoms with Crippen molar-refractivity contribution in [2.24, 2.45) is 0 Å². The molecule has 5 nitrogen and oxygen atoms in total. The summed E-state index contributed by atoms with van der Waals surface area (Å²) in [6.07, 6.45) is 4.34. The summed E-state index contributed by atoms with van der Waals surface area (Å²) in [6, 6.07) is 5.73. The van der Waals surface area contributed by atoms with E-state index in [2.05, 4.69) is 12.2 Å². The molecule has 1 saturated heterocycles. The van der Waals surface area contributed by atoms with E-state index in [4.69, 9.17) is 0 Å². The molecule has 1 aliphatic heterocycles. The van der Waals surface area contributed by atoms with Crippen molar-refractivity contribution in [1.82, 2.24) is 9.80 Å². The number of likely N-dealkylation sites (tertiary alicyclic amines) is 1. The third kappa shape index (κ3) is 4.03. The van der Waals surface area contributed by atoms with Crippen LogP contribution in [0.25, 0.3) is 0 Å². The van der Waals surface area contributed by atoms with E-state index in [0.717, 1.165) is 37.1 Å². The monoisotopic (exact) mass is 317 g/mol. The van der Waals surface area contributed by atoms with Crippen LogP contribution in [-0.2, 0) is 0 Å². The van der Waals surface area contributed by atoms with Crippen molar-refractivity contribution >= 4 is 17.6 Å². The number of nitrogens with one attached hydrogen (secondary N) is 1. The van der Waals surface area contributed by atoms with Gasteiger partial charge in [0.1, 0.15) is 0 Å². The van der Waals surface area contributed by atoms with E-state index < -0.39 is 0 Å². The van der Waals surface area contributed by atoms with Gasteiger partial charge in [-0.1, -0.05) is 6.92 Å². The SMILES string of the molecule is CC[C@@H]1CCCCN1C(=O)Nc1ccc(C(=O)N(C)C)c(C)c1. The van der Waals surface area contributed by atoms with Crippen LogP contribution in [0.2, 0.25) is 0 Å². The fraction of sp³-hybridized carbons (Fsp3) is 0.556. The van der Waals surface area contributed by atoms with Gasteiger partial charge >= 0.3 is 6.03 Å². The third-order valence-corrected chi connectivity index (χ3v) is 4.47. The Labute approximate surface area is 138 Å². The van der Waals surface area contributed by atoms with Gasteiger partial charge in [-0.2, -0.15) is 0 Å². The maximum Gasteiger partial charge on any atom is 0.322 e. The van der Waals surface area contributed by atoms with Crippen LogP contribution in [0.15, 0.2) is 18.2 Å². The molecule has 0 aliphatic carbocycles. The van der Waals surface area contributed by atoms with Gasteiger partial charge in [0, 0.05) is 37.9 Å². The van der Waals surface area contributed by atoms with Gasteiger partial charge in [-0.3, -0.25) is 4.79 Å². The first-order valence-corrected chi connectivity index (χ1v) is 8.34. The molecular weight excluding hydrogens is 290 g/mol. The highest BCUT2D eigenvalue weighted by Gasteiger charge is 2.25. The standard InChI is InChI=1S/C18H27N3O2/c1-5-15-8-6-7-11-21(15)18(23)19-14-9-10-16(13(2)12-14)17(22)20(3)4/h9-10,12,15H,5-8,11H2,1-4H3,(H,19,23)/t15-/m1/s1. The number of rotatable bonds is 3. The lowest BCUT2D eigenvalue weighted by Gasteiger charge is -2.35. The van der Waals surface area contributed by atoms with Crippen molar-refractivity contribution in [3.05, 3.63) is 29.3 Å². The topological polar surface area (TPSA) is 52.7 Å². The van der Waals surface area contributed by atoms with Crippen LogP contribution in [0.4, 0.5) is 10.5 Å². The number of urea groups is 1. The molecule has 3 amide bonds. The lowest BCUT2D eigenvalue weighted by molar-refractivity contribution is 0.0827. The Morgan fingerprint density at radius 2 is 2.04 bits per heavy atom. The normalized spacial score (nSPS) is 17.7. The van der Waals surface area contributed by atoms with E-state index >= 15 is 0 Å². The molecule has 1 N–H and O–H groups in total. The Balaban J connectivity index is 2.09. The smallest absolute Gasteiger partial charge is 0.322 e. The minimum absolute atomic E-state index is 0.0255. The summed E-state index contributed by atoms with van der Waals surface area (Å²) in [6.45, 7) is 4.84. The third-order valence-electron chi connectivity index (χ3n) is 4.47. The fourth-order valence-corrected chi connectivity index (χ4v) is 3.11. The van der Waals surface area contributed by atoms with Gasteiger partial charge in [0.05, 0.1) is 0 Å². The van der Waals surface area contributed by atoms with Gasteiger partial charge in [0.15, 0.2) is 0 Å². The second kappa shape index (κ2) is 7.49. The summed E-state index contributed by atoms with van der Waals surface area (Å²) in [5.41, 5.74) is 2.27. The van der Waals surface area contributed by atoms with Crippen molar-refractivity contribution in [3.8, 4) is 0 Å². The second-order valence-electron chi connectivity index (χ2n) is 6.41. The summed E-state index contributed by atoms with van der Waals surface area (Å²) in [5.74, 6) is -0.0255. The van der Waals surface area contributed by atoms with Crippen molar-refractivity contribution in [1.29, 1.82) is 0 Å². The Kier molecular flexibility index (Phi) is 5.64. The van der Waals surface area contributed by atoms with Crippen LogP contribution in [0.3, 0.4) is 0 Å². The summed E-state index contributed by atoms with van der Waals surface area (Å²) in [7, 11) is 3.47. The number of anilines is 1. The largest absolute Gasteiger partial charge is 0.345 e. The van der Waals surface area contributed by atoms with Crippen molar-refractivity contribution < 1.29 is 9.59 Å². The number of aryl methyl sites for hydroxylation is 1. The van der Waals surface area contributed by atoms with Gasteiger partial charge in [0.25, 0.3) is 5.91 Å². The van der Waals surface area contributed by atoms with Crippen molar-refractivity contribution in [2.75, 3.05) is 26.0 Å². The minimum Gasteiger partial charge on any atom is -0.345 e. The van der Waals surface area contributed by atoms with Crippen molar-refractivity contribution in [2.45, 2.75) is 45.6 Å². The number of carbonyl (C=O) groups is 2. The second-order valence-corrected chi connectivity index (χ2v) is 6.41. The highest BCUT2D eigenvalue weighted by atomic mass is 16.2. The van der Waals surface area contributed by atoms with Gasteiger partial charge in [-0.15, -0.1) is 0 Å². The Bertz CT molecular complexity index is 584. The molecule has 5 heteroatoms. The molecule has 23 heavy (non-hydrogen) atoms. The lowest BCUT2D eigenvalue weighted by Crippen LogP contribution is -2.45. The molecule has 1 aromatic carbocycles. The summed E-state index contributed by atoms with van der Waals surface area (Å²) in [5, 5.41) is 2.97. The van der Waals surface area contributed by atoms with Crippen LogP contribution in [0.5, 0.6) is 0 Å². The van der Waals surface area contributed by atoms with Crippen LogP contribution >= 0.6 is 0 Å². The first kappa shape index (κ1) is 17.3. The molecule has 1 aromatic rings. The average Bonchev–Trinajstić information content (AvgIpc) is 2.54. The molecule has 1 fully saturated rings. The maximum atomic E-state index is 12.5.